The predicted octanol–water partition coefficient (Wildman–Crippen LogP) is 9.48. The highest BCUT2D eigenvalue weighted by Gasteiger charge is 2.23. The highest BCUT2D eigenvalue weighted by atomic mass is 35.5. The van der Waals surface area contributed by atoms with Crippen molar-refractivity contribution in [3.63, 3.8) is 0 Å². The summed E-state index contributed by atoms with van der Waals surface area (Å²) < 4.78 is 0. The van der Waals surface area contributed by atoms with E-state index in [1.807, 2.05) is 24.3 Å². The van der Waals surface area contributed by atoms with E-state index in [2.05, 4.69) is 0 Å². The first-order valence-electron chi connectivity index (χ1n) is 12.2. The van der Waals surface area contributed by atoms with Crippen molar-refractivity contribution in [1.29, 1.82) is 0 Å². The SMILES string of the molecule is Oc1ccc(C(c2ccc(C(c3ccc(O)c(Cl)c3)c3ccc(O)c(Cl)c3)cc2)c2ccc(O)c(Cl)c2)cc1Cl. The third-order valence-electron chi connectivity index (χ3n) is 6.82. The van der Waals surface area contributed by atoms with Crippen molar-refractivity contribution in [2.75, 3.05) is 0 Å². The van der Waals surface area contributed by atoms with Gasteiger partial charge in [0.15, 0.2) is 0 Å². The molecule has 0 saturated heterocycles. The van der Waals surface area contributed by atoms with Crippen molar-refractivity contribution in [3.05, 3.63) is 151 Å². The molecule has 0 aliphatic rings. The highest BCUT2D eigenvalue weighted by Crippen LogP contribution is 2.41. The molecule has 0 unspecified atom stereocenters. The molecule has 0 spiro atoms. The molecule has 0 fully saturated rings. The zero-order valence-corrected chi connectivity index (χ0v) is 23.7. The van der Waals surface area contributed by atoms with Crippen LogP contribution in [0.25, 0.3) is 0 Å². The van der Waals surface area contributed by atoms with Gasteiger partial charge in [-0.15, -0.1) is 0 Å². The Balaban J connectivity index is 1.63. The molecule has 0 heterocycles. The fraction of sp³-hybridized carbons (Fsp3) is 0.0625. The Morgan fingerprint density at radius 3 is 0.725 bits per heavy atom. The Morgan fingerprint density at radius 2 is 0.525 bits per heavy atom. The summed E-state index contributed by atoms with van der Waals surface area (Å²) in [6, 6.07) is 28.1. The van der Waals surface area contributed by atoms with Crippen molar-refractivity contribution in [3.8, 4) is 23.0 Å². The summed E-state index contributed by atoms with van der Waals surface area (Å²) >= 11 is 25.1. The average molecular weight is 612 g/mol. The summed E-state index contributed by atoms with van der Waals surface area (Å²) in [5, 5.41) is 40.9. The minimum absolute atomic E-state index is 0.0220. The molecule has 4 N–H and O–H groups in total. The second kappa shape index (κ2) is 11.5. The minimum Gasteiger partial charge on any atom is -0.506 e. The first-order chi connectivity index (χ1) is 19.1. The number of hydrogen-bond donors (Lipinski definition) is 4. The zero-order chi connectivity index (χ0) is 28.6. The molecule has 0 atom stereocenters. The van der Waals surface area contributed by atoms with E-state index in [4.69, 9.17) is 46.4 Å². The van der Waals surface area contributed by atoms with Crippen LogP contribution in [0.3, 0.4) is 0 Å². The van der Waals surface area contributed by atoms with Crippen LogP contribution in [0.4, 0.5) is 0 Å². The summed E-state index contributed by atoms with van der Waals surface area (Å²) in [4.78, 5) is 0. The number of halogens is 4. The van der Waals surface area contributed by atoms with Crippen LogP contribution in [0, 0.1) is 0 Å². The molecule has 5 rings (SSSR count). The number of phenols is 4. The average Bonchev–Trinajstić information content (AvgIpc) is 2.93. The Morgan fingerprint density at radius 1 is 0.325 bits per heavy atom. The number of phenolic OH excluding ortho intramolecular Hbond substituents is 4. The summed E-state index contributed by atoms with van der Waals surface area (Å²) in [6.45, 7) is 0. The van der Waals surface area contributed by atoms with Crippen molar-refractivity contribution >= 4 is 46.4 Å². The van der Waals surface area contributed by atoms with Crippen LogP contribution in [0.1, 0.15) is 45.2 Å². The number of aromatic hydroxyl groups is 4. The molecule has 0 aliphatic heterocycles. The monoisotopic (exact) mass is 610 g/mol. The van der Waals surface area contributed by atoms with Gasteiger partial charge in [0.05, 0.1) is 20.1 Å². The van der Waals surface area contributed by atoms with Crippen LogP contribution in [0.15, 0.2) is 97.1 Å². The van der Waals surface area contributed by atoms with E-state index in [9.17, 15) is 20.4 Å². The first-order valence-corrected chi connectivity index (χ1v) is 13.7. The normalized spacial score (nSPS) is 11.3. The van der Waals surface area contributed by atoms with Gasteiger partial charge in [-0.25, -0.2) is 0 Å². The van der Waals surface area contributed by atoms with E-state index in [1.165, 1.54) is 0 Å². The van der Waals surface area contributed by atoms with Crippen LogP contribution in [0.2, 0.25) is 20.1 Å². The maximum absolute atomic E-state index is 10.00. The fourth-order valence-electron chi connectivity index (χ4n) is 4.85. The summed E-state index contributed by atoms with van der Waals surface area (Å²) in [5.41, 5.74) is 5.12. The topological polar surface area (TPSA) is 80.9 Å². The van der Waals surface area contributed by atoms with Crippen LogP contribution in [0.5, 0.6) is 23.0 Å². The second-order valence-corrected chi connectivity index (χ2v) is 11.0. The minimum atomic E-state index is -0.310. The lowest BCUT2D eigenvalue weighted by Gasteiger charge is -2.23. The third-order valence-corrected chi connectivity index (χ3v) is 8.03. The first kappa shape index (κ1) is 28.0. The second-order valence-electron chi connectivity index (χ2n) is 9.38. The van der Waals surface area contributed by atoms with Gasteiger partial charge in [-0.1, -0.05) is 94.9 Å². The van der Waals surface area contributed by atoms with Crippen molar-refractivity contribution < 1.29 is 20.4 Å². The lowest BCUT2D eigenvalue weighted by molar-refractivity contribution is 0.474. The molecule has 5 aromatic rings. The van der Waals surface area contributed by atoms with Gasteiger partial charge in [-0.05, 0) is 81.9 Å². The van der Waals surface area contributed by atoms with E-state index >= 15 is 0 Å². The lowest BCUT2D eigenvalue weighted by Crippen LogP contribution is -2.06. The number of benzene rings is 5. The highest BCUT2D eigenvalue weighted by molar-refractivity contribution is 6.33. The maximum Gasteiger partial charge on any atom is 0.134 e. The molecule has 0 aliphatic carbocycles. The van der Waals surface area contributed by atoms with E-state index in [0.717, 1.165) is 33.4 Å². The van der Waals surface area contributed by atoms with Crippen LogP contribution in [-0.4, -0.2) is 20.4 Å². The summed E-state index contributed by atoms with van der Waals surface area (Å²) in [5.74, 6) is -0.709. The maximum atomic E-state index is 10.00. The smallest absolute Gasteiger partial charge is 0.134 e. The van der Waals surface area contributed by atoms with Gasteiger partial charge in [-0.2, -0.15) is 0 Å². The molecule has 0 saturated carbocycles. The molecule has 0 radical (unpaired) electrons. The molecule has 0 bridgehead atoms. The Hall–Kier alpha value is -3.54. The molecular formula is C32H22Cl4O4. The van der Waals surface area contributed by atoms with Gasteiger partial charge in [0.1, 0.15) is 23.0 Å². The lowest BCUT2D eigenvalue weighted by atomic mass is 9.81. The van der Waals surface area contributed by atoms with E-state index in [-0.39, 0.29) is 54.9 Å². The van der Waals surface area contributed by atoms with Gasteiger partial charge in [0, 0.05) is 11.8 Å². The molecule has 8 heteroatoms. The predicted molar refractivity (Wildman–Crippen MR) is 161 cm³/mol. The Bertz CT molecular complexity index is 1470. The number of hydrogen-bond acceptors (Lipinski definition) is 4. The van der Waals surface area contributed by atoms with Gasteiger partial charge >= 0.3 is 0 Å². The molecule has 5 aromatic carbocycles. The van der Waals surface area contributed by atoms with Gasteiger partial charge in [0.25, 0.3) is 0 Å². The molecule has 4 nitrogen and oxygen atoms in total. The van der Waals surface area contributed by atoms with Crippen LogP contribution < -0.4 is 0 Å². The molecule has 0 aromatic heterocycles. The van der Waals surface area contributed by atoms with E-state index < -0.39 is 0 Å². The fourth-order valence-corrected chi connectivity index (χ4v) is 5.60. The van der Waals surface area contributed by atoms with Crippen molar-refractivity contribution in [1.82, 2.24) is 0 Å². The van der Waals surface area contributed by atoms with Crippen molar-refractivity contribution in [2.45, 2.75) is 11.8 Å². The van der Waals surface area contributed by atoms with E-state index in [1.54, 1.807) is 72.8 Å². The van der Waals surface area contributed by atoms with Crippen LogP contribution in [-0.2, 0) is 0 Å². The third kappa shape index (κ3) is 5.67. The Kier molecular flexibility index (Phi) is 8.07. The standard InChI is InChI=1S/C32H22Cl4O4/c33-23-13-19(5-9-27(23)37)31(20-6-10-28(38)24(34)14-20)17-1-2-18(4-3-17)32(21-7-11-29(39)25(35)15-21)22-8-12-30(40)26(36)16-22/h1-16,31-32,37-40H. The summed E-state index contributed by atoms with van der Waals surface area (Å²) in [7, 11) is 0. The molecule has 40 heavy (non-hydrogen) atoms. The van der Waals surface area contributed by atoms with Gasteiger partial charge in [0.2, 0.25) is 0 Å². The van der Waals surface area contributed by atoms with E-state index in [0.29, 0.717) is 0 Å². The Labute approximate surface area is 251 Å². The quantitative estimate of drug-likeness (QED) is 0.144. The molecule has 0 amide bonds. The largest absolute Gasteiger partial charge is 0.506 e. The molecular weight excluding hydrogens is 590 g/mol. The van der Waals surface area contributed by atoms with Gasteiger partial charge in [-0.3, -0.25) is 0 Å². The number of rotatable bonds is 6. The van der Waals surface area contributed by atoms with Crippen molar-refractivity contribution in [2.24, 2.45) is 0 Å². The summed E-state index contributed by atoms with van der Waals surface area (Å²) in [6.07, 6.45) is 0. The van der Waals surface area contributed by atoms with Crippen LogP contribution >= 0.6 is 46.4 Å². The molecule has 202 valence electrons. The van der Waals surface area contributed by atoms with Gasteiger partial charge < -0.3 is 20.4 Å². The zero-order valence-electron chi connectivity index (χ0n) is 20.7.